The number of ether oxygens (including phenoxy) is 1. The van der Waals surface area contributed by atoms with Crippen LogP contribution in [0.4, 0.5) is 5.69 Å². The highest BCUT2D eigenvalue weighted by molar-refractivity contribution is 5.96. The van der Waals surface area contributed by atoms with E-state index < -0.39 is 0 Å². The second-order valence-corrected chi connectivity index (χ2v) is 6.92. The zero-order valence-electron chi connectivity index (χ0n) is 16.9. The summed E-state index contributed by atoms with van der Waals surface area (Å²) >= 11 is 0. The van der Waals surface area contributed by atoms with E-state index in [-0.39, 0.29) is 42.6 Å². The fourth-order valence-electron chi connectivity index (χ4n) is 3.61. The predicted molar refractivity (Wildman–Crippen MR) is 113 cm³/mol. The molecular weight excluding hydrogens is 394 g/mol. The molecule has 0 bridgehead atoms. The molecule has 29 heavy (non-hydrogen) atoms. The van der Waals surface area contributed by atoms with Crippen LogP contribution in [0.2, 0.25) is 0 Å². The molecule has 1 aliphatic heterocycles. The molecule has 1 aromatic carbocycles. The van der Waals surface area contributed by atoms with Crippen LogP contribution < -0.4 is 15.4 Å². The third kappa shape index (κ3) is 5.27. The van der Waals surface area contributed by atoms with Gasteiger partial charge in [0.05, 0.1) is 31.5 Å². The molecule has 0 radical (unpaired) electrons. The van der Waals surface area contributed by atoms with Crippen molar-refractivity contribution >= 4 is 29.9 Å². The van der Waals surface area contributed by atoms with Crippen molar-refractivity contribution in [1.82, 2.24) is 20.0 Å². The minimum atomic E-state index is -0.247. The SMILES string of the molecule is CCN(CC(=O)Nc1ccccc1OC)C(=O)[C@H]1CNC[C@@H]1c1cnn(C)c1.Cl. The highest BCUT2D eigenvalue weighted by atomic mass is 35.5. The van der Waals surface area contributed by atoms with Crippen LogP contribution in [0.5, 0.6) is 5.75 Å². The maximum atomic E-state index is 13.1. The molecule has 2 amide bonds. The van der Waals surface area contributed by atoms with Gasteiger partial charge in [0.2, 0.25) is 11.8 Å². The Bertz CT molecular complexity index is 841. The van der Waals surface area contributed by atoms with E-state index in [4.69, 9.17) is 4.74 Å². The largest absolute Gasteiger partial charge is 0.495 e. The summed E-state index contributed by atoms with van der Waals surface area (Å²) in [5.41, 5.74) is 1.63. The van der Waals surface area contributed by atoms with Gasteiger partial charge in [0.15, 0.2) is 0 Å². The Morgan fingerprint density at radius 3 is 2.76 bits per heavy atom. The van der Waals surface area contributed by atoms with Crippen LogP contribution >= 0.6 is 12.4 Å². The van der Waals surface area contributed by atoms with Gasteiger partial charge >= 0.3 is 0 Å². The first kappa shape index (κ1) is 22.7. The second kappa shape index (κ2) is 10.3. The Morgan fingerprint density at radius 1 is 1.34 bits per heavy atom. The molecule has 0 aliphatic carbocycles. The predicted octanol–water partition coefficient (Wildman–Crippen LogP) is 1.64. The number of aryl methyl sites for hydroxylation is 1. The van der Waals surface area contributed by atoms with Crippen LogP contribution in [0.1, 0.15) is 18.4 Å². The lowest BCUT2D eigenvalue weighted by Gasteiger charge is -2.26. The van der Waals surface area contributed by atoms with E-state index in [0.717, 1.165) is 12.1 Å². The molecule has 1 aromatic heterocycles. The summed E-state index contributed by atoms with van der Waals surface area (Å²) in [5, 5.41) is 10.3. The van der Waals surface area contributed by atoms with Crippen molar-refractivity contribution in [2.45, 2.75) is 12.8 Å². The highest BCUT2D eigenvalue weighted by Crippen LogP contribution is 2.29. The van der Waals surface area contributed by atoms with E-state index >= 15 is 0 Å². The topological polar surface area (TPSA) is 88.5 Å². The molecule has 1 saturated heterocycles. The van der Waals surface area contributed by atoms with Crippen molar-refractivity contribution in [1.29, 1.82) is 0 Å². The van der Waals surface area contributed by atoms with Gasteiger partial charge in [-0.1, -0.05) is 12.1 Å². The van der Waals surface area contributed by atoms with Crippen LogP contribution in [0, 0.1) is 5.92 Å². The smallest absolute Gasteiger partial charge is 0.244 e. The molecule has 1 aliphatic rings. The summed E-state index contributed by atoms with van der Waals surface area (Å²) in [7, 11) is 3.42. The molecule has 2 N–H and O–H groups in total. The summed E-state index contributed by atoms with van der Waals surface area (Å²) in [6.07, 6.45) is 3.76. The molecule has 0 saturated carbocycles. The molecule has 9 heteroatoms. The number of hydrogen-bond donors (Lipinski definition) is 2. The maximum Gasteiger partial charge on any atom is 0.244 e. The van der Waals surface area contributed by atoms with Crippen molar-refractivity contribution in [3.8, 4) is 5.75 Å². The molecular formula is C20H28ClN5O3. The number of benzene rings is 1. The van der Waals surface area contributed by atoms with Gasteiger partial charge in [0, 0.05) is 38.8 Å². The minimum Gasteiger partial charge on any atom is -0.495 e. The van der Waals surface area contributed by atoms with E-state index in [2.05, 4.69) is 15.7 Å². The first-order chi connectivity index (χ1) is 13.5. The number of para-hydroxylation sites is 2. The van der Waals surface area contributed by atoms with Gasteiger partial charge in [-0.25, -0.2) is 0 Å². The molecule has 0 unspecified atom stereocenters. The highest BCUT2D eigenvalue weighted by Gasteiger charge is 2.37. The number of amides is 2. The van der Waals surface area contributed by atoms with Gasteiger partial charge in [-0.05, 0) is 24.6 Å². The zero-order valence-corrected chi connectivity index (χ0v) is 17.7. The monoisotopic (exact) mass is 421 g/mol. The fraction of sp³-hybridized carbons (Fsp3) is 0.450. The number of carbonyl (C=O) groups is 2. The number of carbonyl (C=O) groups excluding carboxylic acids is 2. The summed E-state index contributed by atoms with van der Waals surface area (Å²) < 4.78 is 7.00. The molecule has 2 aromatic rings. The average molecular weight is 422 g/mol. The van der Waals surface area contributed by atoms with Crippen LogP contribution in [-0.2, 0) is 16.6 Å². The Kier molecular flexibility index (Phi) is 8.04. The third-order valence-electron chi connectivity index (χ3n) is 5.09. The Labute approximate surface area is 177 Å². The summed E-state index contributed by atoms with van der Waals surface area (Å²) in [5.74, 6) is 0.178. The Hall–Kier alpha value is -2.58. The lowest BCUT2D eigenvalue weighted by Crippen LogP contribution is -2.43. The van der Waals surface area contributed by atoms with E-state index in [9.17, 15) is 9.59 Å². The molecule has 158 valence electrons. The molecule has 1 fully saturated rings. The third-order valence-corrected chi connectivity index (χ3v) is 5.09. The molecule has 0 spiro atoms. The molecule has 2 atom stereocenters. The van der Waals surface area contributed by atoms with Gasteiger partial charge in [0.1, 0.15) is 5.75 Å². The van der Waals surface area contributed by atoms with Crippen molar-refractivity contribution in [3.05, 3.63) is 42.2 Å². The van der Waals surface area contributed by atoms with E-state index in [0.29, 0.717) is 24.5 Å². The lowest BCUT2D eigenvalue weighted by atomic mass is 9.90. The van der Waals surface area contributed by atoms with Crippen LogP contribution in [-0.4, -0.2) is 59.8 Å². The number of anilines is 1. The van der Waals surface area contributed by atoms with Crippen molar-refractivity contribution in [2.24, 2.45) is 13.0 Å². The van der Waals surface area contributed by atoms with Crippen molar-refractivity contribution in [3.63, 3.8) is 0 Å². The van der Waals surface area contributed by atoms with Gasteiger partial charge in [-0.3, -0.25) is 14.3 Å². The standard InChI is InChI=1S/C20H27N5O3.ClH/c1-4-25(13-19(26)23-17-7-5-6-8-18(17)28-3)20(27)16-11-21-10-15(16)14-9-22-24(2)12-14;/h5-9,12,15-16,21H,4,10-11,13H2,1-3H3,(H,23,26);1H/t15-,16+;/m1./s1. The van der Waals surface area contributed by atoms with Gasteiger partial charge < -0.3 is 20.3 Å². The fourth-order valence-corrected chi connectivity index (χ4v) is 3.61. The maximum absolute atomic E-state index is 13.1. The molecule has 8 nitrogen and oxygen atoms in total. The number of nitrogens with one attached hydrogen (secondary N) is 2. The minimum absolute atomic E-state index is 0. The number of likely N-dealkylation sites (N-methyl/N-ethyl adjacent to an activating group) is 1. The number of nitrogens with zero attached hydrogens (tertiary/aromatic N) is 3. The quantitative estimate of drug-likeness (QED) is 0.709. The van der Waals surface area contributed by atoms with Crippen LogP contribution in [0.3, 0.4) is 0 Å². The lowest BCUT2D eigenvalue weighted by molar-refractivity contribution is -0.138. The first-order valence-corrected chi connectivity index (χ1v) is 9.44. The Balaban J connectivity index is 0.00000300. The number of aromatic nitrogens is 2. The van der Waals surface area contributed by atoms with Crippen LogP contribution in [0.25, 0.3) is 0 Å². The molecule has 2 heterocycles. The average Bonchev–Trinajstić information content (AvgIpc) is 3.34. The summed E-state index contributed by atoms with van der Waals surface area (Å²) in [4.78, 5) is 27.3. The van der Waals surface area contributed by atoms with Gasteiger partial charge in [0.25, 0.3) is 0 Å². The number of halogens is 1. The van der Waals surface area contributed by atoms with E-state index in [1.165, 1.54) is 0 Å². The summed E-state index contributed by atoms with van der Waals surface area (Å²) in [6, 6.07) is 7.21. The van der Waals surface area contributed by atoms with E-state index in [1.807, 2.05) is 38.5 Å². The van der Waals surface area contributed by atoms with Crippen molar-refractivity contribution < 1.29 is 14.3 Å². The Morgan fingerprint density at radius 2 is 2.10 bits per heavy atom. The number of rotatable bonds is 7. The van der Waals surface area contributed by atoms with Crippen molar-refractivity contribution in [2.75, 3.05) is 38.6 Å². The first-order valence-electron chi connectivity index (χ1n) is 9.44. The number of methoxy groups -OCH3 is 1. The van der Waals surface area contributed by atoms with Gasteiger partial charge in [-0.2, -0.15) is 5.10 Å². The zero-order chi connectivity index (χ0) is 20.1. The normalized spacial score (nSPS) is 18.0. The van der Waals surface area contributed by atoms with Gasteiger partial charge in [-0.15, -0.1) is 12.4 Å². The van der Waals surface area contributed by atoms with E-state index in [1.54, 1.807) is 28.8 Å². The second-order valence-electron chi connectivity index (χ2n) is 6.92. The molecule has 3 rings (SSSR count). The number of hydrogen-bond acceptors (Lipinski definition) is 5. The van der Waals surface area contributed by atoms with Crippen LogP contribution in [0.15, 0.2) is 36.7 Å². The summed E-state index contributed by atoms with van der Waals surface area (Å²) in [6.45, 7) is 3.68.